The van der Waals surface area contributed by atoms with Gasteiger partial charge in [-0.15, -0.1) is 0 Å². The van der Waals surface area contributed by atoms with E-state index in [9.17, 15) is 4.79 Å². The first-order valence-corrected chi connectivity index (χ1v) is 12.3. The van der Waals surface area contributed by atoms with Crippen LogP contribution >= 0.6 is 0 Å². The van der Waals surface area contributed by atoms with Crippen LogP contribution in [0.15, 0.2) is 95.4 Å². The number of hydrogen-bond acceptors (Lipinski definition) is 3. The third-order valence-corrected chi connectivity index (χ3v) is 6.62. The van der Waals surface area contributed by atoms with Gasteiger partial charge in [0.05, 0.1) is 0 Å². The number of carboxylic acid groups (broad SMARTS) is 1. The van der Waals surface area contributed by atoms with Crippen LogP contribution in [0, 0.1) is 5.92 Å². The van der Waals surface area contributed by atoms with Crippen LogP contribution in [-0.4, -0.2) is 45.6 Å². The van der Waals surface area contributed by atoms with Gasteiger partial charge in [0.25, 0.3) is 0 Å². The first-order valence-electron chi connectivity index (χ1n) is 12.3. The summed E-state index contributed by atoms with van der Waals surface area (Å²) in [6, 6.07) is 28.7. The summed E-state index contributed by atoms with van der Waals surface area (Å²) in [5.41, 5.74) is 6.40. The topological polar surface area (TPSA) is 63.3 Å². The first kappa shape index (κ1) is 26.2. The number of rotatable bonds is 8. The molecule has 1 atom stereocenters. The number of benzene rings is 3. The fourth-order valence-corrected chi connectivity index (χ4v) is 4.89. The molecule has 0 saturated heterocycles. The molecule has 1 aromatic heterocycles. The second-order valence-electron chi connectivity index (χ2n) is 9.13. The number of hydrogen-bond donors (Lipinski definition) is 1. The molecule has 1 aliphatic rings. The summed E-state index contributed by atoms with van der Waals surface area (Å²) in [6.45, 7) is 0. The van der Waals surface area contributed by atoms with Gasteiger partial charge in [-0.3, -0.25) is 4.79 Å². The average Bonchev–Trinajstić information content (AvgIpc) is 3.34. The van der Waals surface area contributed by atoms with Crippen LogP contribution < -0.4 is 0 Å². The summed E-state index contributed by atoms with van der Waals surface area (Å²) in [7, 11) is 0. The summed E-state index contributed by atoms with van der Waals surface area (Å²) in [5.74, 6) is 1.05. The van der Waals surface area contributed by atoms with Crippen molar-refractivity contribution in [2.75, 3.05) is 0 Å². The van der Waals surface area contributed by atoms with Gasteiger partial charge in [-0.2, -0.15) is 0 Å². The average molecular weight is 488 g/mol. The van der Waals surface area contributed by atoms with E-state index in [2.05, 4.69) is 42.5 Å². The maximum atomic E-state index is 11.0. The van der Waals surface area contributed by atoms with E-state index in [0.29, 0.717) is 18.2 Å². The predicted molar refractivity (Wildman–Crippen MR) is 146 cm³/mol. The molecule has 1 heterocycles. The molecule has 0 fully saturated rings. The molecule has 0 spiro atoms. The number of allylic oxidation sites excluding steroid dienone is 2. The SMILES string of the molecule is O=C(O)CCc1cccc(CC2CCCC=C2c2nc(-c3ccccc3)c(-c3ccccc3)o2)c1.[NaH]. The molecular weight excluding hydrogens is 457 g/mol. The van der Waals surface area contributed by atoms with Crippen molar-refractivity contribution in [2.45, 2.75) is 38.5 Å². The third kappa shape index (κ3) is 6.25. The summed E-state index contributed by atoms with van der Waals surface area (Å²) in [4.78, 5) is 16.0. The van der Waals surface area contributed by atoms with Gasteiger partial charge < -0.3 is 9.52 Å². The van der Waals surface area contributed by atoms with Crippen molar-refractivity contribution in [1.29, 1.82) is 0 Å². The number of aryl methyl sites for hydroxylation is 1. The zero-order valence-electron chi connectivity index (χ0n) is 19.7. The van der Waals surface area contributed by atoms with Crippen molar-refractivity contribution in [2.24, 2.45) is 5.92 Å². The molecule has 0 amide bonds. The Morgan fingerprint density at radius 1 is 0.917 bits per heavy atom. The normalized spacial score (nSPS) is 15.1. The molecule has 5 heteroatoms. The Labute approximate surface area is 234 Å². The van der Waals surface area contributed by atoms with E-state index in [-0.39, 0.29) is 36.0 Å². The summed E-state index contributed by atoms with van der Waals surface area (Å²) in [6.07, 6.45) is 7.12. The van der Waals surface area contributed by atoms with E-state index in [1.807, 2.05) is 48.5 Å². The molecule has 5 rings (SSSR count). The molecule has 178 valence electrons. The zero-order chi connectivity index (χ0) is 24.0. The number of carboxylic acids is 1. The zero-order valence-corrected chi connectivity index (χ0v) is 19.7. The molecule has 0 bridgehead atoms. The Bertz CT molecular complexity index is 1270. The molecule has 3 aromatic carbocycles. The number of aliphatic carboxylic acids is 1. The van der Waals surface area contributed by atoms with Gasteiger partial charge in [0.1, 0.15) is 5.69 Å². The number of nitrogens with zero attached hydrogens (tertiary/aromatic N) is 1. The van der Waals surface area contributed by atoms with Crippen molar-refractivity contribution in [1.82, 2.24) is 4.98 Å². The van der Waals surface area contributed by atoms with E-state index >= 15 is 0 Å². The van der Waals surface area contributed by atoms with E-state index in [4.69, 9.17) is 14.5 Å². The molecule has 36 heavy (non-hydrogen) atoms. The monoisotopic (exact) mass is 487 g/mol. The first-order chi connectivity index (χ1) is 17.2. The second-order valence-corrected chi connectivity index (χ2v) is 9.13. The van der Waals surface area contributed by atoms with Gasteiger partial charge in [0.2, 0.25) is 5.89 Å². The summed E-state index contributed by atoms with van der Waals surface area (Å²) >= 11 is 0. The number of oxazole rings is 1. The minimum atomic E-state index is -0.764. The van der Waals surface area contributed by atoms with Gasteiger partial charge in [0.15, 0.2) is 5.76 Å². The van der Waals surface area contributed by atoms with Crippen molar-refractivity contribution in [3.8, 4) is 22.6 Å². The van der Waals surface area contributed by atoms with Crippen LogP contribution in [0.2, 0.25) is 0 Å². The van der Waals surface area contributed by atoms with Crippen LogP contribution in [0.1, 0.15) is 42.7 Å². The van der Waals surface area contributed by atoms with Crippen molar-refractivity contribution in [3.63, 3.8) is 0 Å². The van der Waals surface area contributed by atoms with Gasteiger partial charge in [-0.05, 0) is 49.1 Å². The number of carbonyl (C=O) groups is 1. The standard InChI is InChI=1S/C31H29NO3.Na.H/c33-28(34)19-18-22-10-9-11-23(20-22)21-26-16-7-8-17-27(26)31-32-29(24-12-3-1-4-13-24)30(35-31)25-14-5-2-6-15-25;;/h1-6,9-15,17,20,26H,7-8,16,18-19,21H2,(H,33,34);;. The molecule has 1 N–H and O–H groups in total. The van der Waals surface area contributed by atoms with Crippen LogP contribution in [0.4, 0.5) is 0 Å². The van der Waals surface area contributed by atoms with Crippen LogP contribution in [0.5, 0.6) is 0 Å². The van der Waals surface area contributed by atoms with Crippen molar-refractivity contribution in [3.05, 3.63) is 108 Å². The van der Waals surface area contributed by atoms with Crippen molar-refractivity contribution >= 4 is 41.1 Å². The summed E-state index contributed by atoms with van der Waals surface area (Å²) < 4.78 is 6.51. The Morgan fingerprint density at radius 3 is 2.33 bits per heavy atom. The molecule has 1 aliphatic carbocycles. The van der Waals surface area contributed by atoms with Crippen LogP contribution in [-0.2, 0) is 17.6 Å². The van der Waals surface area contributed by atoms with Gasteiger partial charge in [-0.25, -0.2) is 4.98 Å². The number of aromatic nitrogens is 1. The van der Waals surface area contributed by atoms with Crippen molar-refractivity contribution < 1.29 is 14.3 Å². The fraction of sp³-hybridized carbons (Fsp3) is 0.226. The van der Waals surface area contributed by atoms with Crippen LogP contribution in [0.25, 0.3) is 28.2 Å². The molecule has 4 aromatic rings. The maximum absolute atomic E-state index is 11.0. The Hall–Kier alpha value is -2.92. The van der Waals surface area contributed by atoms with E-state index in [1.165, 1.54) is 11.1 Å². The van der Waals surface area contributed by atoms with Gasteiger partial charge in [-0.1, -0.05) is 91.0 Å². The molecule has 0 radical (unpaired) electrons. The summed E-state index contributed by atoms with van der Waals surface area (Å²) in [5, 5.41) is 9.03. The molecule has 0 saturated carbocycles. The third-order valence-electron chi connectivity index (χ3n) is 6.62. The van der Waals surface area contributed by atoms with Gasteiger partial charge >= 0.3 is 35.5 Å². The second kappa shape index (κ2) is 12.4. The molecule has 1 unspecified atom stereocenters. The molecule has 0 aliphatic heterocycles. The minimum absolute atomic E-state index is 0. The predicted octanol–water partition coefficient (Wildman–Crippen LogP) is 6.80. The van der Waals surface area contributed by atoms with Gasteiger partial charge in [0, 0.05) is 23.1 Å². The van der Waals surface area contributed by atoms with E-state index < -0.39 is 5.97 Å². The Balaban J connectivity index is 0.00000304. The molecule has 4 nitrogen and oxygen atoms in total. The quantitative estimate of drug-likeness (QED) is 0.278. The Morgan fingerprint density at radius 2 is 1.61 bits per heavy atom. The van der Waals surface area contributed by atoms with E-state index in [0.717, 1.165) is 53.8 Å². The molecular formula is C31H30NNaO3. The fourth-order valence-electron chi connectivity index (χ4n) is 4.89. The Kier molecular flexibility index (Phi) is 8.98. The van der Waals surface area contributed by atoms with Crippen LogP contribution in [0.3, 0.4) is 0 Å². The van der Waals surface area contributed by atoms with E-state index in [1.54, 1.807) is 0 Å².